The Bertz CT molecular complexity index is 1150. The van der Waals surface area contributed by atoms with Gasteiger partial charge in [-0.1, -0.05) is 47.2 Å². The molecular weight excluding hydrogens is 406 g/mol. The lowest BCUT2D eigenvalue weighted by Crippen LogP contribution is -2.34. The van der Waals surface area contributed by atoms with Crippen molar-refractivity contribution in [1.29, 1.82) is 0 Å². The number of aryl methyl sites for hydroxylation is 1. The van der Waals surface area contributed by atoms with Gasteiger partial charge in [0.15, 0.2) is 11.7 Å². The minimum absolute atomic E-state index is 0.0899. The van der Waals surface area contributed by atoms with Gasteiger partial charge in [0.1, 0.15) is 11.3 Å². The Kier molecular flexibility index (Phi) is 5.74. The first kappa shape index (κ1) is 19.4. The van der Waals surface area contributed by atoms with Gasteiger partial charge in [-0.2, -0.15) is 0 Å². The van der Waals surface area contributed by atoms with Crippen LogP contribution in [0.1, 0.15) is 11.1 Å². The molecule has 2 aromatic heterocycles. The normalized spacial score (nSPS) is 10.8. The number of anilines is 1. The van der Waals surface area contributed by atoms with E-state index < -0.39 is 0 Å². The van der Waals surface area contributed by atoms with Crippen molar-refractivity contribution in [2.45, 2.75) is 13.5 Å². The Morgan fingerprint density at radius 1 is 1.17 bits per heavy atom. The van der Waals surface area contributed by atoms with E-state index >= 15 is 0 Å². The topological polar surface area (TPSA) is 55.3 Å². The Hall–Kier alpha value is -2.96. The SMILES string of the molecule is Cc1cccc(OCC(=O)N(Cc2cccnc2)c2nc3c(Cl)cccc3s2)c1. The number of para-hydroxylation sites is 1. The molecule has 4 rings (SSSR count). The first-order valence-corrected chi connectivity index (χ1v) is 10.2. The van der Waals surface area contributed by atoms with Crippen LogP contribution in [0.3, 0.4) is 0 Å². The minimum Gasteiger partial charge on any atom is -0.484 e. The molecule has 0 N–H and O–H groups in total. The smallest absolute Gasteiger partial charge is 0.267 e. The van der Waals surface area contributed by atoms with Gasteiger partial charge in [0, 0.05) is 12.4 Å². The van der Waals surface area contributed by atoms with Crippen molar-refractivity contribution in [2.75, 3.05) is 11.5 Å². The molecule has 0 saturated carbocycles. The van der Waals surface area contributed by atoms with Gasteiger partial charge in [0.05, 0.1) is 16.3 Å². The standard InChI is InChI=1S/C22H18ClN3O2S/c1-15-5-2-7-17(11-15)28-14-20(27)26(13-16-6-4-10-24-12-16)22-25-21-18(23)8-3-9-19(21)29-22/h2-12H,13-14H2,1H3. The van der Waals surface area contributed by atoms with Crippen molar-refractivity contribution in [1.82, 2.24) is 9.97 Å². The van der Waals surface area contributed by atoms with Crippen LogP contribution in [0, 0.1) is 6.92 Å². The van der Waals surface area contributed by atoms with Crippen LogP contribution >= 0.6 is 22.9 Å². The van der Waals surface area contributed by atoms with E-state index in [0.29, 0.717) is 28.0 Å². The molecule has 0 unspecified atom stereocenters. The number of fused-ring (bicyclic) bond motifs is 1. The van der Waals surface area contributed by atoms with Crippen molar-refractivity contribution >= 4 is 44.2 Å². The molecule has 2 heterocycles. The number of carbonyl (C=O) groups excluding carboxylic acids is 1. The second kappa shape index (κ2) is 8.59. The minimum atomic E-state index is -0.189. The number of rotatable bonds is 6. The molecule has 29 heavy (non-hydrogen) atoms. The number of ether oxygens (including phenoxy) is 1. The zero-order valence-electron chi connectivity index (χ0n) is 15.7. The van der Waals surface area contributed by atoms with Gasteiger partial charge in [-0.25, -0.2) is 4.98 Å². The lowest BCUT2D eigenvalue weighted by atomic mass is 10.2. The molecule has 7 heteroatoms. The number of hydrogen-bond acceptors (Lipinski definition) is 5. The van der Waals surface area contributed by atoms with E-state index in [1.807, 2.05) is 55.5 Å². The van der Waals surface area contributed by atoms with E-state index in [1.54, 1.807) is 23.4 Å². The summed E-state index contributed by atoms with van der Waals surface area (Å²) in [5, 5.41) is 1.14. The molecule has 2 aromatic carbocycles. The highest BCUT2D eigenvalue weighted by Crippen LogP contribution is 2.33. The van der Waals surface area contributed by atoms with Crippen molar-refractivity contribution in [2.24, 2.45) is 0 Å². The highest BCUT2D eigenvalue weighted by atomic mass is 35.5. The van der Waals surface area contributed by atoms with Crippen molar-refractivity contribution in [3.63, 3.8) is 0 Å². The molecule has 0 aliphatic rings. The third-order valence-corrected chi connectivity index (χ3v) is 5.65. The molecule has 0 aliphatic heterocycles. The zero-order valence-corrected chi connectivity index (χ0v) is 17.3. The second-order valence-electron chi connectivity index (χ2n) is 6.53. The number of pyridine rings is 1. The lowest BCUT2D eigenvalue weighted by Gasteiger charge is -2.20. The van der Waals surface area contributed by atoms with Crippen LogP contribution < -0.4 is 9.64 Å². The fourth-order valence-corrected chi connectivity index (χ4v) is 4.17. The molecule has 0 atom stereocenters. The summed E-state index contributed by atoms with van der Waals surface area (Å²) in [4.78, 5) is 23.5. The van der Waals surface area contributed by atoms with Crippen LogP contribution in [-0.2, 0) is 11.3 Å². The first-order chi connectivity index (χ1) is 14.1. The van der Waals surface area contributed by atoms with Gasteiger partial charge in [0.2, 0.25) is 0 Å². The summed E-state index contributed by atoms with van der Waals surface area (Å²) in [5.41, 5.74) is 2.67. The Labute approximate surface area is 177 Å². The Morgan fingerprint density at radius 3 is 2.79 bits per heavy atom. The average Bonchev–Trinajstić information content (AvgIpc) is 3.16. The quantitative estimate of drug-likeness (QED) is 0.424. The Morgan fingerprint density at radius 2 is 2.03 bits per heavy atom. The lowest BCUT2D eigenvalue weighted by molar-refractivity contribution is -0.120. The van der Waals surface area contributed by atoms with Crippen molar-refractivity contribution < 1.29 is 9.53 Å². The van der Waals surface area contributed by atoms with Crippen LogP contribution in [0.2, 0.25) is 5.02 Å². The fraction of sp³-hybridized carbons (Fsp3) is 0.136. The molecule has 1 amide bonds. The summed E-state index contributed by atoms with van der Waals surface area (Å²) < 4.78 is 6.66. The van der Waals surface area contributed by atoms with Crippen LogP contribution in [-0.4, -0.2) is 22.5 Å². The molecule has 0 fully saturated rings. The average molecular weight is 424 g/mol. The molecule has 0 radical (unpaired) electrons. The summed E-state index contributed by atoms with van der Waals surface area (Å²) in [7, 11) is 0. The van der Waals surface area contributed by atoms with Crippen LogP contribution in [0.25, 0.3) is 10.2 Å². The van der Waals surface area contributed by atoms with Crippen LogP contribution in [0.5, 0.6) is 5.75 Å². The number of hydrogen-bond donors (Lipinski definition) is 0. The van der Waals surface area contributed by atoms with Crippen LogP contribution in [0.4, 0.5) is 5.13 Å². The Balaban J connectivity index is 1.62. The van der Waals surface area contributed by atoms with E-state index in [0.717, 1.165) is 15.8 Å². The van der Waals surface area contributed by atoms with Gasteiger partial charge >= 0.3 is 0 Å². The van der Waals surface area contributed by atoms with E-state index in [4.69, 9.17) is 16.3 Å². The number of halogens is 1. The molecule has 0 aliphatic carbocycles. The maximum absolute atomic E-state index is 13.1. The monoisotopic (exact) mass is 423 g/mol. The molecule has 0 saturated heterocycles. The van der Waals surface area contributed by atoms with Crippen molar-refractivity contribution in [3.8, 4) is 5.75 Å². The highest BCUT2D eigenvalue weighted by Gasteiger charge is 2.21. The predicted molar refractivity (Wildman–Crippen MR) is 117 cm³/mol. The van der Waals surface area contributed by atoms with Gasteiger partial charge < -0.3 is 4.74 Å². The number of carbonyl (C=O) groups is 1. The summed E-state index contributed by atoms with van der Waals surface area (Å²) in [6.07, 6.45) is 3.44. The van der Waals surface area contributed by atoms with E-state index in [2.05, 4.69) is 9.97 Å². The molecule has 0 spiro atoms. The van der Waals surface area contributed by atoms with Crippen molar-refractivity contribution in [3.05, 3.63) is 83.1 Å². The zero-order chi connectivity index (χ0) is 20.2. The number of nitrogens with zero attached hydrogens (tertiary/aromatic N) is 3. The van der Waals surface area contributed by atoms with Gasteiger partial charge in [0.25, 0.3) is 5.91 Å². The number of amides is 1. The third-order valence-electron chi connectivity index (χ3n) is 4.31. The number of aromatic nitrogens is 2. The van der Waals surface area contributed by atoms with Gasteiger partial charge in [-0.3, -0.25) is 14.7 Å². The first-order valence-electron chi connectivity index (χ1n) is 9.04. The predicted octanol–water partition coefficient (Wildman–Crippen LogP) is 5.27. The highest BCUT2D eigenvalue weighted by molar-refractivity contribution is 7.22. The fourth-order valence-electron chi connectivity index (χ4n) is 2.88. The van der Waals surface area contributed by atoms with E-state index in [9.17, 15) is 4.79 Å². The van der Waals surface area contributed by atoms with Crippen LogP contribution in [0.15, 0.2) is 67.0 Å². The molecular formula is C22H18ClN3O2S. The summed E-state index contributed by atoms with van der Waals surface area (Å²) in [5.74, 6) is 0.470. The summed E-state index contributed by atoms with van der Waals surface area (Å²) in [6, 6.07) is 17.0. The number of thiazole rings is 1. The van der Waals surface area contributed by atoms with E-state index in [1.165, 1.54) is 11.3 Å². The molecule has 0 bridgehead atoms. The largest absolute Gasteiger partial charge is 0.484 e. The summed E-state index contributed by atoms with van der Waals surface area (Å²) >= 11 is 7.70. The van der Waals surface area contributed by atoms with E-state index in [-0.39, 0.29) is 12.5 Å². The van der Waals surface area contributed by atoms with Gasteiger partial charge in [-0.15, -0.1) is 0 Å². The van der Waals surface area contributed by atoms with Gasteiger partial charge in [-0.05, 0) is 48.4 Å². The third kappa shape index (κ3) is 4.55. The second-order valence-corrected chi connectivity index (χ2v) is 7.95. The molecule has 5 nitrogen and oxygen atoms in total. The molecule has 146 valence electrons. The molecule has 4 aromatic rings. The maximum Gasteiger partial charge on any atom is 0.267 e. The summed E-state index contributed by atoms with van der Waals surface area (Å²) in [6.45, 7) is 2.24. The number of benzene rings is 2. The maximum atomic E-state index is 13.1.